The maximum absolute atomic E-state index is 9.34. The van der Waals surface area contributed by atoms with Crippen molar-refractivity contribution < 1.29 is 14.6 Å². The van der Waals surface area contributed by atoms with Crippen LogP contribution in [-0.4, -0.2) is 50.7 Å². The number of nitrogens with one attached hydrogen (secondary N) is 1. The first kappa shape index (κ1) is 13.4. The van der Waals surface area contributed by atoms with Gasteiger partial charge in [-0.2, -0.15) is 0 Å². The van der Waals surface area contributed by atoms with Crippen molar-refractivity contribution in [2.75, 3.05) is 39.5 Å². The number of aliphatic hydroxyl groups excluding tert-OH is 1. The molecule has 4 heteroatoms. The molecule has 0 amide bonds. The van der Waals surface area contributed by atoms with Gasteiger partial charge in [-0.25, -0.2) is 0 Å². The van der Waals surface area contributed by atoms with Gasteiger partial charge in [-0.1, -0.05) is 5.92 Å². The van der Waals surface area contributed by atoms with Crippen LogP contribution in [0.5, 0.6) is 0 Å². The smallest absolute Gasteiger partial charge is 0.0898 e. The molecule has 0 spiro atoms. The van der Waals surface area contributed by atoms with E-state index >= 15 is 0 Å². The molecule has 14 heavy (non-hydrogen) atoms. The van der Waals surface area contributed by atoms with Crippen LogP contribution < -0.4 is 5.32 Å². The molecule has 0 aromatic rings. The fourth-order valence-corrected chi connectivity index (χ4v) is 0.851. The summed E-state index contributed by atoms with van der Waals surface area (Å²) in [5.74, 6) is 2.42. The summed E-state index contributed by atoms with van der Waals surface area (Å²) in [6.07, 6.45) is 4.52. The van der Waals surface area contributed by atoms with Gasteiger partial charge in [0.1, 0.15) is 0 Å². The molecule has 0 heterocycles. The average Bonchev–Trinajstić information content (AvgIpc) is 2.18. The van der Waals surface area contributed by atoms with E-state index in [4.69, 9.17) is 15.9 Å². The van der Waals surface area contributed by atoms with Crippen LogP contribution in [0, 0.1) is 12.3 Å². The summed E-state index contributed by atoms with van der Waals surface area (Å²) in [6, 6.07) is 0. The summed E-state index contributed by atoms with van der Waals surface area (Å²) in [6.45, 7) is 4.94. The number of hydrogen-bond donors (Lipinski definition) is 2. The van der Waals surface area contributed by atoms with Crippen molar-refractivity contribution in [3.05, 3.63) is 0 Å². The zero-order valence-corrected chi connectivity index (χ0v) is 8.66. The molecular formula is C10H19NO3. The fourth-order valence-electron chi connectivity index (χ4n) is 0.851. The lowest BCUT2D eigenvalue weighted by Gasteiger charge is -2.11. The van der Waals surface area contributed by atoms with Gasteiger partial charge in [-0.05, 0) is 6.92 Å². The molecule has 0 aliphatic heterocycles. The van der Waals surface area contributed by atoms with E-state index < -0.39 is 6.10 Å². The Labute approximate surface area is 85.6 Å². The lowest BCUT2D eigenvalue weighted by molar-refractivity contribution is 0.00682. The first-order chi connectivity index (χ1) is 6.81. The lowest BCUT2D eigenvalue weighted by atomic mass is 10.4. The van der Waals surface area contributed by atoms with Gasteiger partial charge in [0.05, 0.1) is 32.5 Å². The predicted octanol–water partition coefficient (Wildman–Crippen LogP) is -0.377. The molecule has 0 rings (SSSR count). The zero-order valence-electron chi connectivity index (χ0n) is 8.66. The third kappa shape index (κ3) is 9.49. The van der Waals surface area contributed by atoms with Crippen LogP contribution in [-0.2, 0) is 9.47 Å². The van der Waals surface area contributed by atoms with Crippen molar-refractivity contribution in [1.82, 2.24) is 5.32 Å². The van der Waals surface area contributed by atoms with Crippen molar-refractivity contribution >= 4 is 0 Å². The van der Waals surface area contributed by atoms with Crippen LogP contribution in [0.2, 0.25) is 0 Å². The molecule has 0 saturated heterocycles. The standard InChI is InChI=1S/C10H19NO3/c1-3-5-11-8-10(12)9-14-7-6-13-4-2/h1,10-12H,4-9H2,2H3. The Bertz CT molecular complexity index is 156. The topological polar surface area (TPSA) is 50.7 Å². The molecule has 0 aliphatic carbocycles. The third-order valence-corrected chi connectivity index (χ3v) is 1.49. The van der Waals surface area contributed by atoms with Crippen LogP contribution in [0.3, 0.4) is 0 Å². The van der Waals surface area contributed by atoms with Crippen LogP contribution in [0.4, 0.5) is 0 Å². The number of rotatable bonds is 9. The number of hydrogen-bond acceptors (Lipinski definition) is 4. The maximum Gasteiger partial charge on any atom is 0.0898 e. The Kier molecular flexibility index (Phi) is 10.0. The predicted molar refractivity (Wildman–Crippen MR) is 55.0 cm³/mol. The second-order valence-corrected chi connectivity index (χ2v) is 2.76. The molecule has 0 aromatic carbocycles. The van der Waals surface area contributed by atoms with Gasteiger partial charge in [-0.3, -0.25) is 0 Å². The Morgan fingerprint density at radius 1 is 1.43 bits per heavy atom. The minimum absolute atomic E-state index is 0.310. The van der Waals surface area contributed by atoms with E-state index in [9.17, 15) is 5.11 Å². The van der Waals surface area contributed by atoms with Gasteiger partial charge >= 0.3 is 0 Å². The molecule has 0 bridgehead atoms. The van der Waals surface area contributed by atoms with E-state index in [0.717, 1.165) is 0 Å². The van der Waals surface area contributed by atoms with Crippen LogP contribution >= 0.6 is 0 Å². The first-order valence-electron chi connectivity index (χ1n) is 4.79. The zero-order chi connectivity index (χ0) is 10.6. The first-order valence-corrected chi connectivity index (χ1v) is 4.79. The molecule has 0 fully saturated rings. The number of aliphatic hydroxyl groups is 1. The highest BCUT2D eigenvalue weighted by Crippen LogP contribution is 1.84. The SMILES string of the molecule is C#CCNCC(O)COCCOCC. The number of ether oxygens (including phenoxy) is 2. The summed E-state index contributed by atoms with van der Waals surface area (Å²) in [5.41, 5.74) is 0. The van der Waals surface area contributed by atoms with Gasteiger partial charge in [0.2, 0.25) is 0 Å². The van der Waals surface area contributed by atoms with Crippen LogP contribution in [0.25, 0.3) is 0 Å². The van der Waals surface area contributed by atoms with Gasteiger partial charge in [0.15, 0.2) is 0 Å². The number of terminal acetylenes is 1. The van der Waals surface area contributed by atoms with E-state index in [1.54, 1.807) is 0 Å². The molecule has 1 atom stereocenters. The average molecular weight is 201 g/mol. The van der Waals surface area contributed by atoms with Crippen LogP contribution in [0.15, 0.2) is 0 Å². The minimum atomic E-state index is -0.509. The summed E-state index contributed by atoms with van der Waals surface area (Å²) in [5, 5.41) is 12.2. The van der Waals surface area contributed by atoms with Crippen molar-refractivity contribution in [2.45, 2.75) is 13.0 Å². The third-order valence-electron chi connectivity index (χ3n) is 1.49. The molecule has 0 aliphatic rings. The second-order valence-electron chi connectivity index (χ2n) is 2.76. The summed E-state index contributed by atoms with van der Waals surface area (Å²) < 4.78 is 10.2. The molecule has 4 nitrogen and oxygen atoms in total. The Morgan fingerprint density at radius 2 is 2.14 bits per heavy atom. The normalized spacial score (nSPS) is 12.4. The Morgan fingerprint density at radius 3 is 2.79 bits per heavy atom. The Balaban J connectivity index is 3.10. The van der Waals surface area contributed by atoms with E-state index in [0.29, 0.717) is 39.5 Å². The van der Waals surface area contributed by atoms with E-state index in [1.165, 1.54) is 0 Å². The highest BCUT2D eigenvalue weighted by molar-refractivity contribution is 4.86. The van der Waals surface area contributed by atoms with Crippen molar-refractivity contribution in [3.8, 4) is 12.3 Å². The van der Waals surface area contributed by atoms with Gasteiger partial charge in [0, 0.05) is 13.2 Å². The second kappa shape index (κ2) is 10.5. The fraction of sp³-hybridized carbons (Fsp3) is 0.800. The molecule has 82 valence electrons. The molecule has 1 unspecified atom stereocenters. The Hall–Kier alpha value is -0.600. The summed E-state index contributed by atoms with van der Waals surface area (Å²) >= 11 is 0. The van der Waals surface area contributed by atoms with Gasteiger partial charge < -0.3 is 19.9 Å². The largest absolute Gasteiger partial charge is 0.389 e. The molecule has 0 radical (unpaired) electrons. The minimum Gasteiger partial charge on any atom is -0.389 e. The highest BCUT2D eigenvalue weighted by atomic mass is 16.5. The van der Waals surface area contributed by atoms with E-state index in [1.807, 2.05) is 6.92 Å². The highest BCUT2D eigenvalue weighted by Gasteiger charge is 2.02. The van der Waals surface area contributed by atoms with Crippen molar-refractivity contribution in [2.24, 2.45) is 0 Å². The van der Waals surface area contributed by atoms with Crippen LogP contribution in [0.1, 0.15) is 6.92 Å². The summed E-state index contributed by atoms with van der Waals surface area (Å²) in [4.78, 5) is 0. The quantitative estimate of drug-likeness (QED) is 0.394. The summed E-state index contributed by atoms with van der Waals surface area (Å²) in [7, 11) is 0. The molecule has 0 saturated carbocycles. The molecule has 2 N–H and O–H groups in total. The molecule has 0 aromatic heterocycles. The van der Waals surface area contributed by atoms with Crippen molar-refractivity contribution in [3.63, 3.8) is 0 Å². The van der Waals surface area contributed by atoms with E-state index in [-0.39, 0.29) is 0 Å². The van der Waals surface area contributed by atoms with Crippen molar-refractivity contribution in [1.29, 1.82) is 0 Å². The monoisotopic (exact) mass is 201 g/mol. The van der Waals surface area contributed by atoms with Gasteiger partial charge in [-0.15, -0.1) is 6.42 Å². The van der Waals surface area contributed by atoms with Gasteiger partial charge in [0.25, 0.3) is 0 Å². The van der Waals surface area contributed by atoms with E-state index in [2.05, 4.69) is 11.2 Å². The maximum atomic E-state index is 9.34. The lowest BCUT2D eigenvalue weighted by Crippen LogP contribution is -2.31. The molecular weight excluding hydrogens is 182 g/mol.